The number of hydrogen-bond donors (Lipinski definition) is 0. The van der Waals surface area contributed by atoms with E-state index in [0.717, 1.165) is 39.4 Å². The van der Waals surface area contributed by atoms with E-state index in [1.165, 1.54) is 67.2 Å². The molecular formula is C59H58BN3O. The first-order valence-corrected chi connectivity index (χ1v) is 23.1. The highest BCUT2D eigenvalue weighted by Gasteiger charge is 2.49. The summed E-state index contributed by atoms with van der Waals surface area (Å²) in [5, 5.41) is 1.16. The lowest BCUT2D eigenvalue weighted by atomic mass is 9.35. The van der Waals surface area contributed by atoms with Crippen molar-refractivity contribution in [2.45, 2.75) is 97.8 Å². The molecule has 318 valence electrons. The first-order valence-electron chi connectivity index (χ1n) is 23.1. The van der Waals surface area contributed by atoms with Gasteiger partial charge in [0.05, 0.1) is 22.7 Å². The maximum atomic E-state index is 7.56. The van der Waals surface area contributed by atoms with Gasteiger partial charge in [0.2, 0.25) is 0 Å². The Balaban J connectivity index is 1.25. The Kier molecular flexibility index (Phi) is 8.68. The molecule has 0 saturated carbocycles. The minimum atomic E-state index is -0.363. The van der Waals surface area contributed by atoms with Crippen molar-refractivity contribution in [1.82, 2.24) is 0 Å². The molecule has 0 atom stereocenters. The Morgan fingerprint density at radius 3 is 1.58 bits per heavy atom. The molecule has 64 heavy (non-hydrogen) atoms. The fourth-order valence-electron chi connectivity index (χ4n) is 10.9. The standard InChI is InChI=1S/C59H58BN3O/c1-56(2,3)37-24-29-41(30-25-37)62-46-33-28-39(58(7,8)9)36-44(46)60-53-48(62)22-17-23-49(53)63(42-31-26-38(27-32-42)57(4,5)6)54-51-50(64-55(54)60)35-34-47-52(51)59(10,11)43-20-15-16-21-45(43)61(47)40-18-13-12-14-19-40/h12-36H,1-11H3. The average Bonchev–Trinajstić information content (AvgIpc) is 3.65. The summed E-state index contributed by atoms with van der Waals surface area (Å²) < 4.78 is 7.56. The number of nitrogens with zero attached hydrogens (tertiary/aromatic N) is 3. The smallest absolute Gasteiger partial charge is 0.297 e. The average molecular weight is 836 g/mol. The van der Waals surface area contributed by atoms with Crippen LogP contribution in [-0.2, 0) is 21.7 Å². The highest BCUT2D eigenvalue weighted by Crippen LogP contribution is 2.57. The third-order valence-electron chi connectivity index (χ3n) is 14.3. The summed E-state index contributed by atoms with van der Waals surface area (Å²) >= 11 is 0. The van der Waals surface area contributed by atoms with Gasteiger partial charge in [-0.3, -0.25) is 0 Å². The zero-order valence-corrected chi connectivity index (χ0v) is 39.3. The Labute approximate surface area is 380 Å². The fourth-order valence-corrected chi connectivity index (χ4v) is 10.9. The van der Waals surface area contributed by atoms with Crippen molar-refractivity contribution >= 4 is 85.5 Å². The molecule has 8 aromatic rings. The molecule has 4 nitrogen and oxygen atoms in total. The predicted molar refractivity (Wildman–Crippen MR) is 273 cm³/mol. The lowest BCUT2D eigenvalue weighted by Crippen LogP contribution is -2.61. The monoisotopic (exact) mass is 835 g/mol. The number of para-hydroxylation sites is 2. The largest absolute Gasteiger partial charge is 0.468 e. The molecule has 4 heterocycles. The van der Waals surface area contributed by atoms with E-state index in [1.807, 2.05) is 0 Å². The molecule has 0 N–H and O–H groups in total. The van der Waals surface area contributed by atoms with Crippen molar-refractivity contribution in [3.8, 4) is 0 Å². The zero-order chi connectivity index (χ0) is 44.7. The van der Waals surface area contributed by atoms with Crippen LogP contribution in [0.3, 0.4) is 0 Å². The van der Waals surface area contributed by atoms with E-state index in [4.69, 9.17) is 4.42 Å². The molecule has 0 fully saturated rings. The molecule has 0 saturated heterocycles. The Bertz CT molecular complexity index is 3140. The number of fused-ring (bicyclic) bond motifs is 9. The van der Waals surface area contributed by atoms with Crippen molar-refractivity contribution in [3.05, 3.63) is 179 Å². The Hall–Kier alpha value is -6.46. The van der Waals surface area contributed by atoms with Gasteiger partial charge >= 0.3 is 0 Å². The maximum absolute atomic E-state index is 7.56. The minimum absolute atomic E-state index is 0.0137. The molecule has 11 rings (SSSR count). The van der Waals surface area contributed by atoms with Gasteiger partial charge in [-0.05, 0) is 128 Å². The molecule has 3 aliphatic rings. The van der Waals surface area contributed by atoms with Crippen molar-refractivity contribution in [2.75, 3.05) is 14.7 Å². The van der Waals surface area contributed by atoms with Crippen LogP contribution in [0.25, 0.3) is 11.0 Å². The van der Waals surface area contributed by atoms with E-state index in [2.05, 4.69) is 243 Å². The van der Waals surface area contributed by atoms with E-state index < -0.39 is 0 Å². The topological polar surface area (TPSA) is 22.9 Å². The second kappa shape index (κ2) is 13.8. The summed E-state index contributed by atoms with van der Waals surface area (Å²) in [4.78, 5) is 7.49. The van der Waals surface area contributed by atoms with Gasteiger partial charge in [0.25, 0.3) is 6.71 Å². The third kappa shape index (κ3) is 5.96. The summed E-state index contributed by atoms with van der Waals surface area (Å²) in [6, 6.07) is 56.9. The molecule has 0 aliphatic carbocycles. The minimum Gasteiger partial charge on any atom is -0.468 e. The van der Waals surface area contributed by atoms with Crippen LogP contribution >= 0.6 is 0 Å². The summed E-state index contributed by atoms with van der Waals surface area (Å²) in [6.45, 7) is 25.3. The summed E-state index contributed by atoms with van der Waals surface area (Å²) in [7, 11) is 0. The highest BCUT2D eigenvalue weighted by molar-refractivity contribution is 7.00. The van der Waals surface area contributed by atoms with Crippen LogP contribution in [0.1, 0.15) is 104 Å². The molecule has 5 heteroatoms. The Morgan fingerprint density at radius 2 is 0.953 bits per heavy atom. The van der Waals surface area contributed by atoms with Crippen molar-refractivity contribution in [1.29, 1.82) is 0 Å². The first-order chi connectivity index (χ1) is 30.4. The van der Waals surface area contributed by atoms with Gasteiger partial charge in [0.15, 0.2) is 0 Å². The van der Waals surface area contributed by atoms with Crippen LogP contribution < -0.4 is 31.3 Å². The second-order valence-electron chi connectivity index (χ2n) is 21.9. The normalized spacial score (nSPS) is 15.1. The first kappa shape index (κ1) is 40.3. The predicted octanol–water partition coefficient (Wildman–Crippen LogP) is 14.5. The van der Waals surface area contributed by atoms with Gasteiger partial charge < -0.3 is 19.1 Å². The Morgan fingerprint density at radius 1 is 0.453 bits per heavy atom. The number of rotatable bonds is 3. The van der Waals surface area contributed by atoms with E-state index in [-0.39, 0.29) is 28.4 Å². The number of anilines is 9. The number of hydrogen-bond acceptors (Lipinski definition) is 4. The summed E-state index contributed by atoms with van der Waals surface area (Å²) in [6.07, 6.45) is 0. The van der Waals surface area contributed by atoms with E-state index in [9.17, 15) is 0 Å². The SMILES string of the molecule is CC(C)(C)c1ccc(N2c3ccc(C(C)(C)C)cc3B3c4oc5ccc6c(c5c4N(c4ccc(C(C)(C)C)cc4)c4cccc2c43)C(C)(C)c2ccccc2N6c2ccccc2)cc1. The fraction of sp³-hybridized carbons (Fsp3) is 0.254. The van der Waals surface area contributed by atoms with Gasteiger partial charge in [-0.2, -0.15) is 0 Å². The quantitative estimate of drug-likeness (QED) is 0.165. The van der Waals surface area contributed by atoms with E-state index in [1.54, 1.807) is 0 Å². The lowest BCUT2D eigenvalue weighted by molar-refractivity contribution is 0.590. The third-order valence-corrected chi connectivity index (χ3v) is 14.3. The second-order valence-corrected chi connectivity index (χ2v) is 21.9. The van der Waals surface area contributed by atoms with Crippen molar-refractivity contribution in [2.24, 2.45) is 0 Å². The molecule has 0 bridgehead atoms. The lowest BCUT2D eigenvalue weighted by Gasteiger charge is -2.44. The van der Waals surface area contributed by atoms with Crippen LogP contribution in [0.4, 0.5) is 51.2 Å². The van der Waals surface area contributed by atoms with Gasteiger partial charge in [-0.15, -0.1) is 0 Å². The molecular weight excluding hydrogens is 777 g/mol. The van der Waals surface area contributed by atoms with Crippen molar-refractivity contribution in [3.63, 3.8) is 0 Å². The maximum Gasteiger partial charge on any atom is 0.297 e. The van der Waals surface area contributed by atoms with Crippen molar-refractivity contribution < 1.29 is 4.42 Å². The van der Waals surface area contributed by atoms with Gasteiger partial charge in [-0.25, -0.2) is 0 Å². The number of furan rings is 1. The zero-order valence-electron chi connectivity index (χ0n) is 39.3. The van der Waals surface area contributed by atoms with Crippen LogP contribution in [0, 0.1) is 0 Å². The molecule has 0 radical (unpaired) electrons. The van der Waals surface area contributed by atoms with E-state index in [0.29, 0.717) is 0 Å². The molecule has 3 aliphatic heterocycles. The molecule has 0 spiro atoms. The molecule has 0 amide bonds. The van der Waals surface area contributed by atoms with Crippen LogP contribution in [0.5, 0.6) is 0 Å². The van der Waals surface area contributed by atoms with Crippen LogP contribution in [0.2, 0.25) is 0 Å². The molecule has 1 aromatic heterocycles. The summed E-state index contributed by atoms with van der Waals surface area (Å²) in [5.41, 5.74) is 21.0. The van der Waals surface area contributed by atoms with Crippen LogP contribution in [-0.4, -0.2) is 6.71 Å². The van der Waals surface area contributed by atoms with Crippen LogP contribution in [0.15, 0.2) is 156 Å². The van der Waals surface area contributed by atoms with Gasteiger partial charge in [-0.1, -0.05) is 155 Å². The summed E-state index contributed by atoms with van der Waals surface area (Å²) in [5.74, 6) is 0. The molecule has 0 unspecified atom stereocenters. The highest BCUT2D eigenvalue weighted by atomic mass is 16.3. The van der Waals surface area contributed by atoms with E-state index >= 15 is 0 Å². The number of benzene rings is 7. The molecule has 7 aromatic carbocycles. The van der Waals surface area contributed by atoms with Gasteiger partial charge in [0.1, 0.15) is 5.58 Å². The van der Waals surface area contributed by atoms with Gasteiger partial charge in [0, 0.05) is 44.9 Å².